The Morgan fingerprint density at radius 1 is 1.00 bits per heavy atom. The molecule has 0 atom stereocenters. The first kappa shape index (κ1) is 12.4. The lowest BCUT2D eigenvalue weighted by Gasteiger charge is -2.07. The molecule has 0 amide bonds. The predicted octanol–water partition coefficient (Wildman–Crippen LogP) is 2.93. The van der Waals surface area contributed by atoms with E-state index in [2.05, 4.69) is 0 Å². The molecular formula is C13H10F3NO. The average molecular weight is 253 g/mol. The Morgan fingerprint density at radius 3 is 2.22 bits per heavy atom. The molecule has 0 spiro atoms. The minimum Gasteiger partial charge on any atom is -0.618 e. The fraction of sp³-hybridized carbons (Fsp3) is 0.154. The number of halogens is 3. The zero-order valence-corrected chi connectivity index (χ0v) is 9.32. The van der Waals surface area contributed by atoms with Gasteiger partial charge in [0.2, 0.25) is 0 Å². The van der Waals surface area contributed by atoms with Crippen LogP contribution in [0, 0.1) is 5.21 Å². The highest BCUT2D eigenvalue weighted by Gasteiger charge is 2.29. The zero-order chi connectivity index (χ0) is 13.2. The van der Waals surface area contributed by atoms with Gasteiger partial charge in [0, 0.05) is 12.1 Å². The average Bonchev–Trinajstić information content (AvgIpc) is 2.32. The van der Waals surface area contributed by atoms with Gasteiger partial charge in [-0.25, -0.2) is 0 Å². The Morgan fingerprint density at radius 2 is 1.67 bits per heavy atom. The van der Waals surface area contributed by atoms with Gasteiger partial charge in [0.25, 0.3) is 0 Å². The van der Waals surface area contributed by atoms with Crippen LogP contribution in [-0.2, 0) is 12.6 Å². The van der Waals surface area contributed by atoms with E-state index in [0.29, 0.717) is 22.4 Å². The molecule has 1 aromatic carbocycles. The monoisotopic (exact) mass is 253 g/mol. The minimum atomic E-state index is -4.33. The molecule has 94 valence electrons. The highest BCUT2D eigenvalue weighted by molar-refractivity contribution is 5.26. The zero-order valence-electron chi connectivity index (χ0n) is 9.32. The standard InChI is InChI=1S/C13H10F3NO/c14-13(15,16)11-6-4-10(5-7-11)9-12-3-1-2-8-17(12)18/h1-8H,9H2. The summed E-state index contributed by atoms with van der Waals surface area (Å²) in [7, 11) is 0. The maximum absolute atomic E-state index is 12.4. The maximum Gasteiger partial charge on any atom is 0.416 e. The molecule has 1 aromatic heterocycles. The van der Waals surface area contributed by atoms with Crippen LogP contribution in [0.15, 0.2) is 48.7 Å². The topological polar surface area (TPSA) is 26.9 Å². The molecule has 0 saturated carbocycles. The molecule has 0 unspecified atom stereocenters. The van der Waals surface area contributed by atoms with Crippen LogP contribution >= 0.6 is 0 Å². The second kappa shape index (κ2) is 4.68. The Labute approximate surface area is 102 Å². The van der Waals surface area contributed by atoms with E-state index in [1.807, 2.05) is 0 Å². The van der Waals surface area contributed by atoms with Crippen molar-refractivity contribution in [2.24, 2.45) is 0 Å². The second-order valence-electron chi connectivity index (χ2n) is 3.89. The van der Waals surface area contributed by atoms with Crippen LogP contribution in [0.4, 0.5) is 13.2 Å². The molecule has 0 aliphatic rings. The van der Waals surface area contributed by atoms with E-state index in [1.165, 1.54) is 18.3 Å². The first-order valence-electron chi connectivity index (χ1n) is 5.30. The van der Waals surface area contributed by atoms with Crippen molar-refractivity contribution in [3.63, 3.8) is 0 Å². The Kier molecular flexibility index (Phi) is 3.23. The fourth-order valence-corrected chi connectivity index (χ4v) is 1.62. The van der Waals surface area contributed by atoms with Gasteiger partial charge in [-0.3, -0.25) is 0 Å². The molecule has 0 bridgehead atoms. The maximum atomic E-state index is 12.4. The van der Waals surface area contributed by atoms with E-state index in [9.17, 15) is 18.4 Å². The summed E-state index contributed by atoms with van der Waals surface area (Å²) in [6.07, 6.45) is -2.66. The first-order valence-corrected chi connectivity index (χ1v) is 5.30. The molecule has 2 rings (SSSR count). The van der Waals surface area contributed by atoms with Crippen molar-refractivity contribution in [3.8, 4) is 0 Å². The molecule has 2 nitrogen and oxygen atoms in total. The van der Waals surface area contributed by atoms with Gasteiger partial charge < -0.3 is 5.21 Å². The van der Waals surface area contributed by atoms with Crippen LogP contribution in [-0.4, -0.2) is 0 Å². The van der Waals surface area contributed by atoms with Gasteiger partial charge >= 0.3 is 6.18 Å². The van der Waals surface area contributed by atoms with Gasteiger partial charge in [0.05, 0.1) is 12.0 Å². The van der Waals surface area contributed by atoms with Gasteiger partial charge in [-0.2, -0.15) is 17.9 Å². The van der Waals surface area contributed by atoms with Gasteiger partial charge in [-0.05, 0) is 17.7 Å². The third-order valence-corrected chi connectivity index (χ3v) is 2.57. The normalized spacial score (nSPS) is 11.5. The summed E-state index contributed by atoms with van der Waals surface area (Å²) in [6, 6.07) is 9.77. The second-order valence-corrected chi connectivity index (χ2v) is 3.89. The van der Waals surface area contributed by atoms with Gasteiger partial charge in [-0.1, -0.05) is 18.2 Å². The summed E-state index contributed by atoms with van der Waals surface area (Å²) in [5, 5.41) is 11.4. The summed E-state index contributed by atoms with van der Waals surface area (Å²) in [5.74, 6) is 0. The lowest BCUT2D eigenvalue weighted by atomic mass is 10.1. The summed E-state index contributed by atoms with van der Waals surface area (Å²) in [5.41, 5.74) is 0.477. The first-order chi connectivity index (χ1) is 8.47. The van der Waals surface area contributed by atoms with Gasteiger partial charge in [-0.15, -0.1) is 0 Å². The largest absolute Gasteiger partial charge is 0.618 e. The molecule has 0 N–H and O–H groups in total. The highest BCUT2D eigenvalue weighted by Crippen LogP contribution is 2.29. The molecule has 18 heavy (non-hydrogen) atoms. The van der Waals surface area contributed by atoms with Crippen LogP contribution < -0.4 is 4.73 Å². The number of hydrogen-bond acceptors (Lipinski definition) is 1. The van der Waals surface area contributed by atoms with E-state index in [-0.39, 0.29) is 0 Å². The van der Waals surface area contributed by atoms with E-state index >= 15 is 0 Å². The van der Waals surface area contributed by atoms with Crippen molar-refractivity contribution in [2.45, 2.75) is 12.6 Å². The van der Waals surface area contributed by atoms with Crippen molar-refractivity contribution in [1.82, 2.24) is 0 Å². The number of pyridine rings is 1. The Hall–Kier alpha value is -2.04. The Bertz CT molecular complexity index is 535. The van der Waals surface area contributed by atoms with Crippen molar-refractivity contribution < 1.29 is 17.9 Å². The van der Waals surface area contributed by atoms with Crippen molar-refractivity contribution in [3.05, 3.63) is 70.7 Å². The molecule has 0 radical (unpaired) electrons. The van der Waals surface area contributed by atoms with Gasteiger partial charge in [0.1, 0.15) is 0 Å². The molecular weight excluding hydrogens is 243 g/mol. The van der Waals surface area contributed by atoms with E-state index in [1.54, 1.807) is 18.2 Å². The fourth-order valence-electron chi connectivity index (χ4n) is 1.62. The van der Waals surface area contributed by atoms with E-state index < -0.39 is 11.7 Å². The summed E-state index contributed by atoms with van der Waals surface area (Å²) in [6.45, 7) is 0. The number of benzene rings is 1. The number of nitrogens with zero attached hydrogens (tertiary/aromatic N) is 1. The molecule has 0 saturated heterocycles. The van der Waals surface area contributed by atoms with E-state index in [4.69, 9.17) is 0 Å². The van der Waals surface area contributed by atoms with Crippen LogP contribution in [0.2, 0.25) is 0 Å². The van der Waals surface area contributed by atoms with Crippen molar-refractivity contribution in [2.75, 3.05) is 0 Å². The molecule has 5 heteroatoms. The number of rotatable bonds is 2. The summed E-state index contributed by atoms with van der Waals surface area (Å²) in [4.78, 5) is 0. The molecule has 2 aromatic rings. The lowest BCUT2D eigenvalue weighted by Crippen LogP contribution is -2.30. The van der Waals surface area contributed by atoms with E-state index in [0.717, 1.165) is 12.1 Å². The number of aromatic nitrogens is 1. The quantitative estimate of drug-likeness (QED) is 0.597. The van der Waals surface area contributed by atoms with Crippen LogP contribution in [0.1, 0.15) is 16.8 Å². The third kappa shape index (κ3) is 2.80. The molecule has 1 heterocycles. The minimum absolute atomic E-state index is 0.308. The molecule has 0 aliphatic heterocycles. The molecule has 0 fully saturated rings. The van der Waals surface area contributed by atoms with Gasteiger partial charge in [0.15, 0.2) is 11.9 Å². The number of hydrogen-bond donors (Lipinski definition) is 0. The number of alkyl halides is 3. The third-order valence-electron chi connectivity index (χ3n) is 2.57. The van der Waals surface area contributed by atoms with Crippen molar-refractivity contribution in [1.29, 1.82) is 0 Å². The van der Waals surface area contributed by atoms with Crippen LogP contribution in [0.5, 0.6) is 0 Å². The van der Waals surface area contributed by atoms with Crippen molar-refractivity contribution >= 4 is 0 Å². The van der Waals surface area contributed by atoms with Crippen LogP contribution in [0.3, 0.4) is 0 Å². The SMILES string of the molecule is [O-][n+]1ccccc1Cc1ccc(C(F)(F)F)cc1. The summed E-state index contributed by atoms with van der Waals surface area (Å²) >= 11 is 0. The van der Waals surface area contributed by atoms with Crippen LogP contribution in [0.25, 0.3) is 0 Å². The summed E-state index contributed by atoms with van der Waals surface area (Å²) < 4.78 is 37.8. The highest BCUT2D eigenvalue weighted by atomic mass is 19.4. The smallest absolute Gasteiger partial charge is 0.416 e. The lowest BCUT2D eigenvalue weighted by molar-refractivity contribution is -0.613. The Balaban J connectivity index is 2.19. The molecule has 0 aliphatic carbocycles. The predicted molar refractivity (Wildman–Crippen MR) is 59.7 cm³/mol.